The number of halogens is 2. The molecule has 0 N–H and O–H groups in total. The second kappa shape index (κ2) is 5.12. The standard InChI is InChI=1S/C15H8Cl2N4O/c16-10-3-9(4-11(17)5-10)15-20-13-2-1-12(6-14(13)22-15)21-7-18-19-8-21/h1-8H. The lowest BCUT2D eigenvalue weighted by molar-refractivity contribution is 0.619. The summed E-state index contributed by atoms with van der Waals surface area (Å²) < 4.78 is 7.61. The van der Waals surface area contributed by atoms with E-state index in [9.17, 15) is 0 Å². The van der Waals surface area contributed by atoms with Crippen molar-refractivity contribution in [3.8, 4) is 17.1 Å². The molecule has 2 heterocycles. The number of fused-ring (bicyclic) bond motifs is 1. The van der Waals surface area contributed by atoms with Gasteiger partial charge in [-0.05, 0) is 30.3 Å². The molecule has 22 heavy (non-hydrogen) atoms. The van der Waals surface area contributed by atoms with Gasteiger partial charge < -0.3 is 4.42 Å². The third-order valence-electron chi connectivity index (χ3n) is 3.20. The number of aromatic nitrogens is 4. The average Bonchev–Trinajstić information content (AvgIpc) is 3.15. The lowest BCUT2D eigenvalue weighted by Crippen LogP contribution is -1.88. The van der Waals surface area contributed by atoms with E-state index < -0.39 is 0 Å². The molecular formula is C15H8Cl2N4O. The van der Waals surface area contributed by atoms with Crippen LogP contribution in [0.2, 0.25) is 10.0 Å². The van der Waals surface area contributed by atoms with E-state index in [1.165, 1.54) is 0 Å². The van der Waals surface area contributed by atoms with Crippen molar-refractivity contribution in [3.05, 3.63) is 59.1 Å². The van der Waals surface area contributed by atoms with Gasteiger partial charge in [0, 0.05) is 21.7 Å². The molecule has 2 aromatic heterocycles. The summed E-state index contributed by atoms with van der Waals surface area (Å²) in [5.41, 5.74) is 3.05. The Morgan fingerprint density at radius 3 is 2.36 bits per heavy atom. The first-order chi connectivity index (χ1) is 10.7. The Hall–Kier alpha value is -2.37. The summed E-state index contributed by atoms with van der Waals surface area (Å²) in [6.45, 7) is 0. The SMILES string of the molecule is Clc1cc(Cl)cc(-c2nc3ccc(-n4cnnc4)cc3o2)c1. The normalized spacial score (nSPS) is 11.2. The topological polar surface area (TPSA) is 56.7 Å². The molecule has 0 radical (unpaired) electrons. The van der Waals surface area contributed by atoms with Gasteiger partial charge >= 0.3 is 0 Å². The highest BCUT2D eigenvalue weighted by Crippen LogP contribution is 2.29. The van der Waals surface area contributed by atoms with Crippen molar-refractivity contribution in [2.24, 2.45) is 0 Å². The van der Waals surface area contributed by atoms with Crippen molar-refractivity contribution in [2.75, 3.05) is 0 Å². The lowest BCUT2D eigenvalue weighted by Gasteiger charge is -1.99. The largest absolute Gasteiger partial charge is 0.436 e. The van der Waals surface area contributed by atoms with Gasteiger partial charge in [-0.2, -0.15) is 0 Å². The summed E-state index contributed by atoms with van der Waals surface area (Å²) in [5.74, 6) is 0.473. The first kappa shape index (κ1) is 13.3. The van der Waals surface area contributed by atoms with Crippen LogP contribution in [0.5, 0.6) is 0 Å². The Morgan fingerprint density at radius 1 is 0.909 bits per heavy atom. The van der Waals surface area contributed by atoms with E-state index in [2.05, 4.69) is 15.2 Å². The fraction of sp³-hybridized carbons (Fsp3) is 0. The van der Waals surface area contributed by atoms with E-state index in [-0.39, 0.29) is 0 Å². The van der Waals surface area contributed by atoms with Gasteiger partial charge in [0.1, 0.15) is 18.2 Å². The molecule has 0 saturated heterocycles. The van der Waals surface area contributed by atoms with Gasteiger partial charge in [-0.3, -0.25) is 4.57 Å². The zero-order valence-corrected chi connectivity index (χ0v) is 12.6. The van der Waals surface area contributed by atoms with E-state index in [0.717, 1.165) is 16.8 Å². The highest BCUT2D eigenvalue weighted by molar-refractivity contribution is 6.35. The molecule has 0 unspecified atom stereocenters. The zero-order chi connectivity index (χ0) is 15.1. The summed E-state index contributed by atoms with van der Waals surface area (Å²) in [4.78, 5) is 4.46. The van der Waals surface area contributed by atoms with Gasteiger partial charge in [-0.15, -0.1) is 10.2 Å². The van der Waals surface area contributed by atoms with Crippen LogP contribution in [0.1, 0.15) is 0 Å². The Labute approximate surface area is 135 Å². The third-order valence-corrected chi connectivity index (χ3v) is 3.63. The maximum absolute atomic E-state index is 6.02. The molecule has 108 valence electrons. The molecule has 0 aliphatic rings. The second-order valence-electron chi connectivity index (χ2n) is 4.70. The van der Waals surface area contributed by atoms with E-state index in [1.807, 2.05) is 18.2 Å². The smallest absolute Gasteiger partial charge is 0.227 e. The average molecular weight is 331 g/mol. The van der Waals surface area contributed by atoms with Gasteiger partial charge in [0.25, 0.3) is 0 Å². The molecular weight excluding hydrogens is 323 g/mol. The van der Waals surface area contributed by atoms with Gasteiger partial charge in [-0.1, -0.05) is 23.2 Å². The second-order valence-corrected chi connectivity index (χ2v) is 5.57. The van der Waals surface area contributed by atoms with Crippen LogP contribution < -0.4 is 0 Å². The lowest BCUT2D eigenvalue weighted by atomic mass is 10.2. The molecule has 7 heteroatoms. The molecule has 0 aliphatic heterocycles. The number of oxazole rings is 1. The van der Waals surface area contributed by atoms with Crippen LogP contribution in [-0.2, 0) is 0 Å². The van der Waals surface area contributed by atoms with Crippen molar-refractivity contribution < 1.29 is 4.42 Å². The third kappa shape index (κ3) is 2.34. The minimum Gasteiger partial charge on any atom is -0.436 e. The molecule has 0 amide bonds. The maximum Gasteiger partial charge on any atom is 0.227 e. The number of benzene rings is 2. The molecule has 0 atom stereocenters. The molecule has 4 rings (SSSR count). The molecule has 0 saturated carbocycles. The zero-order valence-electron chi connectivity index (χ0n) is 11.1. The van der Waals surface area contributed by atoms with Crippen molar-refractivity contribution >= 4 is 34.3 Å². The highest BCUT2D eigenvalue weighted by Gasteiger charge is 2.11. The monoisotopic (exact) mass is 330 g/mol. The molecule has 4 aromatic rings. The van der Waals surface area contributed by atoms with Crippen molar-refractivity contribution in [1.82, 2.24) is 19.7 Å². The minimum absolute atomic E-state index is 0.473. The maximum atomic E-state index is 6.02. The summed E-state index contributed by atoms with van der Waals surface area (Å²) in [7, 11) is 0. The van der Waals surface area contributed by atoms with Crippen LogP contribution in [0, 0.1) is 0 Å². The quantitative estimate of drug-likeness (QED) is 0.547. The summed E-state index contributed by atoms with van der Waals surface area (Å²) in [6, 6.07) is 10.9. The Bertz CT molecular complexity index is 943. The number of rotatable bonds is 2. The van der Waals surface area contributed by atoms with Gasteiger partial charge in [-0.25, -0.2) is 4.98 Å². The van der Waals surface area contributed by atoms with E-state index in [0.29, 0.717) is 21.5 Å². The van der Waals surface area contributed by atoms with Crippen LogP contribution in [0.15, 0.2) is 53.5 Å². The van der Waals surface area contributed by atoms with Crippen LogP contribution in [0.25, 0.3) is 28.2 Å². The predicted molar refractivity (Wildman–Crippen MR) is 84.4 cm³/mol. The summed E-state index contributed by atoms with van der Waals surface area (Å²) in [6.07, 6.45) is 3.24. The predicted octanol–water partition coefficient (Wildman–Crippen LogP) is 4.38. The first-order valence-electron chi connectivity index (χ1n) is 6.41. The molecule has 0 bridgehead atoms. The number of hydrogen-bond donors (Lipinski definition) is 0. The molecule has 5 nitrogen and oxygen atoms in total. The van der Waals surface area contributed by atoms with E-state index in [1.54, 1.807) is 35.4 Å². The fourth-order valence-electron chi connectivity index (χ4n) is 2.21. The molecule has 0 spiro atoms. The fourth-order valence-corrected chi connectivity index (χ4v) is 2.73. The number of hydrogen-bond acceptors (Lipinski definition) is 4. The van der Waals surface area contributed by atoms with E-state index in [4.69, 9.17) is 27.6 Å². The van der Waals surface area contributed by atoms with Crippen LogP contribution in [-0.4, -0.2) is 19.7 Å². The van der Waals surface area contributed by atoms with Crippen molar-refractivity contribution in [2.45, 2.75) is 0 Å². The van der Waals surface area contributed by atoms with Crippen molar-refractivity contribution in [3.63, 3.8) is 0 Å². The van der Waals surface area contributed by atoms with Crippen LogP contribution >= 0.6 is 23.2 Å². The van der Waals surface area contributed by atoms with Crippen molar-refractivity contribution in [1.29, 1.82) is 0 Å². The Kier molecular flexibility index (Phi) is 3.10. The summed E-state index contributed by atoms with van der Waals surface area (Å²) >= 11 is 12.0. The summed E-state index contributed by atoms with van der Waals surface area (Å²) in [5, 5.41) is 8.65. The highest BCUT2D eigenvalue weighted by atomic mass is 35.5. The molecule has 0 aliphatic carbocycles. The van der Waals surface area contributed by atoms with Gasteiger partial charge in [0.2, 0.25) is 5.89 Å². The molecule has 2 aromatic carbocycles. The Morgan fingerprint density at radius 2 is 1.64 bits per heavy atom. The molecule has 0 fully saturated rings. The van der Waals surface area contributed by atoms with Gasteiger partial charge in [0.15, 0.2) is 5.58 Å². The number of nitrogens with zero attached hydrogens (tertiary/aromatic N) is 4. The van der Waals surface area contributed by atoms with Gasteiger partial charge in [0.05, 0.1) is 5.69 Å². The minimum atomic E-state index is 0.473. The van der Waals surface area contributed by atoms with Crippen LogP contribution in [0.4, 0.5) is 0 Å². The van der Waals surface area contributed by atoms with Crippen LogP contribution in [0.3, 0.4) is 0 Å². The Balaban J connectivity index is 1.83. The first-order valence-corrected chi connectivity index (χ1v) is 7.17. The van der Waals surface area contributed by atoms with E-state index >= 15 is 0 Å².